The van der Waals surface area contributed by atoms with Gasteiger partial charge in [0.05, 0.1) is 15.1 Å². The molecule has 1 atom stereocenters. The smallest absolute Gasteiger partial charge is 0.345 e. The van der Waals surface area contributed by atoms with Crippen molar-refractivity contribution in [3.05, 3.63) is 63.1 Å². The molecule has 0 aliphatic carbocycles. The van der Waals surface area contributed by atoms with Crippen molar-refractivity contribution in [1.82, 2.24) is 0 Å². The van der Waals surface area contributed by atoms with Crippen molar-refractivity contribution < 1.29 is 9.53 Å². The summed E-state index contributed by atoms with van der Waals surface area (Å²) in [5, 5.41) is 0.384. The third-order valence-electron chi connectivity index (χ3n) is 3.43. The van der Waals surface area contributed by atoms with Gasteiger partial charge in [0, 0.05) is 0 Å². The van der Waals surface area contributed by atoms with E-state index in [4.69, 9.17) is 16.3 Å². The highest BCUT2D eigenvalue weighted by Gasteiger charge is 2.14. The van der Waals surface area contributed by atoms with Gasteiger partial charge in [-0.15, -0.1) is 0 Å². The minimum absolute atomic E-state index is 0.358. The average Bonchev–Trinajstić information content (AvgIpc) is 2.48. The molecule has 2 aromatic carbocycles. The predicted octanol–water partition coefficient (Wildman–Crippen LogP) is 5.84. The predicted molar refractivity (Wildman–Crippen MR) is 89.3 cm³/mol. The Morgan fingerprint density at radius 2 is 2.00 bits per heavy atom. The van der Waals surface area contributed by atoms with Crippen LogP contribution in [-0.2, 0) is 0 Å². The molecule has 0 spiro atoms. The Hall–Kier alpha value is -1.32. The summed E-state index contributed by atoms with van der Waals surface area (Å²) in [5.41, 5.74) is 1.57. The molecule has 2 nitrogen and oxygen atoms in total. The highest BCUT2D eigenvalue weighted by molar-refractivity contribution is 9.10. The van der Waals surface area contributed by atoms with E-state index in [0.717, 1.165) is 10.9 Å². The maximum atomic E-state index is 12.1. The molecule has 0 bridgehead atoms. The molecule has 0 aliphatic rings. The number of benzene rings is 2. The standard InChI is InChI=1S/C17H16BrClO2/c1-3-11(2)12-8-9-16(14(18)10-12)21-17(20)13-6-4-5-7-15(13)19/h4-11H,3H2,1-2H3. The second-order valence-electron chi connectivity index (χ2n) is 4.87. The Bertz CT molecular complexity index is 655. The number of ether oxygens (including phenoxy) is 1. The van der Waals surface area contributed by atoms with E-state index in [0.29, 0.717) is 22.3 Å². The largest absolute Gasteiger partial charge is 0.422 e. The van der Waals surface area contributed by atoms with Crippen LogP contribution in [0.5, 0.6) is 5.75 Å². The Balaban J connectivity index is 2.20. The van der Waals surface area contributed by atoms with Crippen LogP contribution < -0.4 is 4.74 Å². The van der Waals surface area contributed by atoms with Crippen molar-refractivity contribution in [1.29, 1.82) is 0 Å². The molecule has 0 aliphatic heterocycles. The van der Waals surface area contributed by atoms with Gasteiger partial charge >= 0.3 is 5.97 Å². The lowest BCUT2D eigenvalue weighted by molar-refractivity contribution is 0.0733. The monoisotopic (exact) mass is 366 g/mol. The van der Waals surface area contributed by atoms with Gasteiger partial charge in [-0.25, -0.2) is 4.79 Å². The van der Waals surface area contributed by atoms with Gasteiger partial charge in [0.25, 0.3) is 0 Å². The molecule has 4 heteroatoms. The first kappa shape index (κ1) is 16.1. The van der Waals surface area contributed by atoms with E-state index in [1.807, 2.05) is 12.1 Å². The summed E-state index contributed by atoms with van der Waals surface area (Å²) in [5.74, 6) is 0.499. The van der Waals surface area contributed by atoms with Crippen LogP contribution in [0.1, 0.15) is 42.1 Å². The molecule has 2 rings (SSSR count). The van der Waals surface area contributed by atoms with Gasteiger partial charge in [-0.05, 0) is 58.1 Å². The van der Waals surface area contributed by atoms with Crippen molar-refractivity contribution in [3.63, 3.8) is 0 Å². The van der Waals surface area contributed by atoms with E-state index in [1.165, 1.54) is 5.56 Å². The SMILES string of the molecule is CCC(C)c1ccc(OC(=O)c2ccccc2Cl)c(Br)c1. The second kappa shape index (κ2) is 7.10. The maximum Gasteiger partial charge on any atom is 0.345 e. The van der Waals surface area contributed by atoms with Crippen LogP contribution in [0.3, 0.4) is 0 Å². The minimum Gasteiger partial charge on any atom is -0.422 e. The number of carbonyl (C=O) groups excluding carboxylic acids is 1. The van der Waals surface area contributed by atoms with Crippen LogP contribution in [0.15, 0.2) is 46.9 Å². The van der Waals surface area contributed by atoms with Crippen molar-refractivity contribution in [2.75, 3.05) is 0 Å². The molecule has 110 valence electrons. The molecule has 0 saturated heterocycles. The summed E-state index contributed by atoms with van der Waals surface area (Å²) in [6.07, 6.45) is 1.06. The van der Waals surface area contributed by atoms with E-state index < -0.39 is 5.97 Å². The van der Waals surface area contributed by atoms with Crippen molar-refractivity contribution in [2.24, 2.45) is 0 Å². The van der Waals surface area contributed by atoms with Gasteiger partial charge in [0.2, 0.25) is 0 Å². The van der Waals surface area contributed by atoms with Crippen molar-refractivity contribution in [2.45, 2.75) is 26.2 Å². The lowest BCUT2D eigenvalue weighted by Crippen LogP contribution is -2.09. The highest BCUT2D eigenvalue weighted by Crippen LogP contribution is 2.31. The summed E-state index contributed by atoms with van der Waals surface area (Å²) < 4.78 is 6.17. The Kier molecular flexibility index (Phi) is 5.43. The fourth-order valence-corrected chi connectivity index (χ4v) is 2.61. The number of esters is 1. The zero-order valence-electron chi connectivity index (χ0n) is 11.9. The first-order chi connectivity index (χ1) is 10.0. The topological polar surface area (TPSA) is 26.3 Å². The molecular weight excluding hydrogens is 352 g/mol. The van der Waals surface area contributed by atoms with Crippen LogP contribution in [0.25, 0.3) is 0 Å². The van der Waals surface area contributed by atoms with E-state index in [-0.39, 0.29) is 0 Å². The molecule has 1 unspecified atom stereocenters. The molecule has 0 heterocycles. The number of rotatable bonds is 4. The fraction of sp³-hybridized carbons (Fsp3) is 0.235. The van der Waals surface area contributed by atoms with Gasteiger partial charge in [0.1, 0.15) is 5.75 Å². The fourth-order valence-electron chi connectivity index (χ4n) is 1.92. The molecule has 0 N–H and O–H groups in total. The van der Waals surface area contributed by atoms with Crippen LogP contribution in [-0.4, -0.2) is 5.97 Å². The molecule has 0 fully saturated rings. The quantitative estimate of drug-likeness (QED) is 0.501. The van der Waals surface area contributed by atoms with Gasteiger partial charge < -0.3 is 4.74 Å². The van der Waals surface area contributed by atoms with E-state index >= 15 is 0 Å². The molecular formula is C17H16BrClO2. The third-order valence-corrected chi connectivity index (χ3v) is 4.38. The number of hydrogen-bond acceptors (Lipinski definition) is 2. The Labute approximate surface area is 138 Å². The van der Waals surface area contributed by atoms with Crippen LogP contribution >= 0.6 is 27.5 Å². The Morgan fingerprint density at radius 1 is 1.29 bits per heavy atom. The third kappa shape index (κ3) is 3.86. The van der Waals surface area contributed by atoms with Gasteiger partial charge in [-0.1, -0.05) is 43.6 Å². The molecule has 2 aromatic rings. The molecule has 0 radical (unpaired) electrons. The zero-order valence-corrected chi connectivity index (χ0v) is 14.2. The van der Waals surface area contributed by atoms with E-state index in [2.05, 4.69) is 29.8 Å². The summed E-state index contributed by atoms with van der Waals surface area (Å²) >= 11 is 9.45. The van der Waals surface area contributed by atoms with Crippen LogP contribution in [0, 0.1) is 0 Å². The lowest BCUT2D eigenvalue weighted by atomic mass is 9.99. The average molecular weight is 368 g/mol. The highest BCUT2D eigenvalue weighted by atomic mass is 79.9. The minimum atomic E-state index is -0.461. The number of carbonyl (C=O) groups is 1. The van der Waals surface area contributed by atoms with Gasteiger partial charge in [-0.3, -0.25) is 0 Å². The number of halogens is 2. The first-order valence-electron chi connectivity index (χ1n) is 6.79. The summed E-state index contributed by atoms with van der Waals surface area (Å²) in [7, 11) is 0. The van der Waals surface area contributed by atoms with Crippen molar-refractivity contribution >= 4 is 33.5 Å². The second-order valence-corrected chi connectivity index (χ2v) is 6.13. The molecule has 0 aromatic heterocycles. The number of hydrogen-bond donors (Lipinski definition) is 0. The normalized spacial score (nSPS) is 12.0. The lowest BCUT2D eigenvalue weighted by Gasteiger charge is -2.12. The van der Waals surface area contributed by atoms with Crippen LogP contribution in [0.4, 0.5) is 0 Å². The van der Waals surface area contributed by atoms with Gasteiger partial charge in [-0.2, -0.15) is 0 Å². The Morgan fingerprint density at radius 3 is 2.62 bits per heavy atom. The molecule has 0 saturated carbocycles. The maximum absolute atomic E-state index is 12.1. The van der Waals surface area contributed by atoms with Crippen LogP contribution in [0.2, 0.25) is 5.02 Å². The van der Waals surface area contributed by atoms with E-state index in [1.54, 1.807) is 30.3 Å². The molecule has 21 heavy (non-hydrogen) atoms. The zero-order chi connectivity index (χ0) is 15.4. The summed E-state index contributed by atoms with van der Waals surface area (Å²) in [6, 6.07) is 12.6. The summed E-state index contributed by atoms with van der Waals surface area (Å²) in [6.45, 7) is 4.31. The van der Waals surface area contributed by atoms with Gasteiger partial charge in [0.15, 0.2) is 0 Å². The summed E-state index contributed by atoms with van der Waals surface area (Å²) in [4.78, 5) is 12.1. The first-order valence-corrected chi connectivity index (χ1v) is 7.96. The van der Waals surface area contributed by atoms with Crippen molar-refractivity contribution in [3.8, 4) is 5.75 Å². The van der Waals surface area contributed by atoms with E-state index in [9.17, 15) is 4.79 Å². The molecule has 0 amide bonds.